The van der Waals surface area contributed by atoms with Gasteiger partial charge in [-0.05, 0) is 48.3 Å². The molecule has 2 heterocycles. The molecule has 6 nitrogen and oxygen atoms in total. The van der Waals surface area contributed by atoms with Gasteiger partial charge in [0.15, 0.2) is 18.6 Å². The molecular weight excluding hydrogens is 332 g/mol. The molecule has 138 valence electrons. The number of benzene rings is 1. The summed E-state index contributed by atoms with van der Waals surface area (Å²) in [6, 6.07) is 5.13. The second-order valence-electron chi connectivity index (χ2n) is 8.64. The summed E-state index contributed by atoms with van der Waals surface area (Å²) in [5.41, 5.74) is 1.98. The number of nitrogens with zero attached hydrogens (tertiary/aromatic N) is 2. The van der Waals surface area contributed by atoms with Crippen LogP contribution in [0.4, 0.5) is 0 Å². The van der Waals surface area contributed by atoms with E-state index in [-0.39, 0.29) is 24.0 Å². The molecule has 1 saturated carbocycles. The normalized spacial score (nSPS) is 26.9. The zero-order chi connectivity index (χ0) is 18.5. The van der Waals surface area contributed by atoms with E-state index in [4.69, 9.17) is 9.15 Å². The van der Waals surface area contributed by atoms with Gasteiger partial charge < -0.3 is 14.1 Å². The number of ether oxygens (including phenoxy) is 1. The minimum absolute atomic E-state index is 0.0994. The van der Waals surface area contributed by atoms with Crippen LogP contribution in [0.5, 0.6) is 0 Å². The van der Waals surface area contributed by atoms with Gasteiger partial charge in [-0.3, -0.25) is 4.79 Å². The highest BCUT2D eigenvalue weighted by Crippen LogP contribution is 2.55. The van der Waals surface area contributed by atoms with Gasteiger partial charge in [-0.15, -0.1) is 0 Å². The number of fused-ring (bicyclic) bond motifs is 3. The summed E-state index contributed by atoms with van der Waals surface area (Å²) in [6.07, 6.45) is 4.50. The summed E-state index contributed by atoms with van der Waals surface area (Å²) in [5.74, 6) is -0.634. The number of rotatable bonds is 3. The monoisotopic (exact) mass is 356 g/mol. The van der Waals surface area contributed by atoms with E-state index >= 15 is 0 Å². The first-order chi connectivity index (χ1) is 12.3. The lowest BCUT2D eigenvalue weighted by Gasteiger charge is -2.40. The van der Waals surface area contributed by atoms with Crippen LogP contribution in [-0.4, -0.2) is 41.0 Å². The largest absolute Gasteiger partial charge is 0.452 e. The van der Waals surface area contributed by atoms with Crippen molar-refractivity contribution in [3.63, 3.8) is 0 Å². The molecule has 1 aromatic heterocycles. The Morgan fingerprint density at radius 1 is 1.35 bits per heavy atom. The third-order valence-corrected chi connectivity index (χ3v) is 6.02. The average molecular weight is 356 g/mol. The number of aromatic nitrogens is 1. The van der Waals surface area contributed by atoms with Crippen molar-refractivity contribution in [3.05, 3.63) is 30.2 Å². The number of carbonyl (C=O) groups excluding carboxylic acids is 2. The number of amides is 1. The highest BCUT2D eigenvalue weighted by molar-refractivity contribution is 5.94. The molecular formula is C20H24N2O4. The standard InChI is InChI=1S/C20H24N2O4/c1-19(2)11-20(3)6-7-22(16(19)9-20)17(23)10-25-18(24)13-4-5-14-15(8-13)26-12-21-14/h4-5,8,12,16H,6-7,9-11H2,1-3H3. The first kappa shape index (κ1) is 17.1. The van der Waals surface area contributed by atoms with Crippen LogP contribution < -0.4 is 0 Å². The SMILES string of the molecule is CC12CCN(C(=O)COC(=O)c3ccc4ncoc4c3)C(C1)C(C)(C)C2. The highest BCUT2D eigenvalue weighted by atomic mass is 16.5. The van der Waals surface area contributed by atoms with E-state index in [1.165, 1.54) is 6.39 Å². The van der Waals surface area contributed by atoms with E-state index < -0.39 is 5.97 Å². The van der Waals surface area contributed by atoms with Gasteiger partial charge in [-0.2, -0.15) is 0 Å². The molecule has 0 spiro atoms. The van der Waals surface area contributed by atoms with E-state index in [2.05, 4.69) is 25.8 Å². The summed E-state index contributed by atoms with van der Waals surface area (Å²) in [7, 11) is 0. The number of hydrogen-bond acceptors (Lipinski definition) is 5. The first-order valence-corrected chi connectivity index (χ1v) is 9.07. The van der Waals surface area contributed by atoms with Crippen LogP contribution >= 0.6 is 0 Å². The van der Waals surface area contributed by atoms with Gasteiger partial charge in [0, 0.05) is 12.6 Å². The van der Waals surface area contributed by atoms with Crippen LogP contribution in [-0.2, 0) is 9.53 Å². The maximum absolute atomic E-state index is 12.7. The molecule has 1 aromatic carbocycles. The molecule has 2 aliphatic rings. The summed E-state index contributed by atoms with van der Waals surface area (Å²) in [6.45, 7) is 7.29. The minimum atomic E-state index is -0.524. The van der Waals surface area contributed by atoms with E-state index in [0.717, 1.165) is 25.8 Å². The molecule has 0 radical (unpaired) electrons. The predicted molar refractivity (Wildman–Crippen MR) is 95.5 cm³/mol. The smallest absolute Gasteiger partial charge is 0.338 e. The van der Waals surface area contributed by atoms with Gasteiger partial charge in [-0.25, -0.2) is 9.78 Å². The first-order valence-electron chi connectivity index (χ1n) is 9.07. The van der Waals surface area contributed by atoms with Gasteiger partial charge in [0.1, 0.15) is 5.52 Å². The number of carbonyl (C=O) groups is 2. The molecule has 6 heteroatoms. The Kier molecular flexibility index (Phi) is 3.82. The van der Waals surface area contributed by atoms with Crippen molar-refractivity contribution in [1.29, 1.82) is 0 Å². The zero-order valence-corrected chi connectivity index (χ0v) is 15.4. The lowest BCUT2D eigenvalue weighted by molar-refractivity contribution is -0.140. The van der Waals surface area contributed by atoms with E-state index in [1.807, 2.05) is 4.90 Å². The fourth-order valence-electron chi connectivity index (χ4n) is 4.88. The predicted octanol–water partition coefficient (Wildman–Crippen LogP) is 3.41. The van der Waals surface area contributed by atoms with Crippen LogP contribution in [0.25, 0.3) is 11.1 Å². The minimum Gasteiger partial charge on any atom is -0.452 e. The second-order valence-corrected chi connectivity index (χ2v) is 8.64. The molecule has 2 aromatic rings. The highest BCUT2D eigenvalue weighted by Gasteiger charge is 2.53. The molecule has 2 fully saturated rings. The number of piperidine rings is 1. The topological polar surface area (TPSA) is 72.6 Å². The molecule has 2 bridgehead atoms. The van der Waals surface area contributed by atoms with Crippen molar-refractivity contribution in [2.24, 2.45) is 10.8 Å². The van der Waals surface area contributed by atoms with Crippen molar-refractivity contribution in [2.75, 3.05) is 13.2 Å². The van der Waals surface area contributed by atoms with Crippen LogP contribution in [0.3, 0.4) is 0 Å². The molecule has 2 unspecified atom stereocenters. The molecule has 1 aliphatic heterocycles. The summed E-state index contributed by atoms with van der Waals surface area (Å²) in [5, 5.41) is 0. The Morgan fingerprint density at radius 2 is 2.15 bits per heavy atom. The van der Waals surface area contributed by atoms with Gasteiger partial charge in [0.25, 0.3) is 5.91 Å². The van der Waals surface area contributed by atoms with Crippen LogP contribution in [0.15, 0.2) is 29.0 Å². The van der Waals surface area contributed by atoms with Crippen LogP contribution in [0, 0.1) is 10.8 Å². The van der Waals surface area contributed by atoms with Crippen LogP contribution in [0.2, 0.25) is 0 Å². The third kappa shape index (κ3) is 2.87. The van der Waals surface area contributed by atoms with Crippen molar-refractivity contribution in [1.82, 2.24) is 9.88 Å². The average Bonchev–Trinajstić information content (AvgIpc) is 3.12. The quantitative estimate of drug-likeness (QED) is 0.788. The Hall–Kier alpha value is -2.37. The van der Waals surface area contributed by atoms with Gasteiger partial charge in [0.2, 0.25) is 0 Å². The van der Waals surface area contributed by atoms with Gasteiger partial charge in [0.05, 0.1) is 5.56 Å². The third-order valence-electron chi connectivity index (χ3n) is 6.02. The summed E-state index contributed by atoms with van der Waals surface area (Å²) < 4.78 is 10.5. The Labute approximate surface area is 152 Å². The molecule has 1 aliphatic carbocycles. The van der Waals surface area contributed by atoms with Gasteiger partial charge in [-0.1, -0.05) is 20.8 Å². The summed E-state index contributed by atoms with van der Waals surface area (Å²) >= 11 is 0. The van der Waals surface area contributed by atoms with Crippen molar-refractivity contribution in [2.45, 2.75) is 46.1 Å². The zero-order valence-electron chi connectivity index (χ0n) is 15.4. The lowest BCUT2D eigenvalue weighted by Crippen LogP contribution is -2.49. The number of hydrogen-bond donors (Lipinski definition) is 0. The lowest BCUT2D eigenvalue weighted by atomic mass is 9.81. The van der Waals surface area contributed by atoms with E-state index in [0.29, 0.717) is 22.1 Å². The Balaban J connectivity index is 1.41. The fourth-order valence-corrected chi connectivity index (χ4v) is 4.88. The van der Waals surface area contributed by atoms with E-state index in [1.54, 1.807) is 18.2 Å². The molecule has 4 rings (SSSR count). The molecule has 26 heavy (non-hydrogen) atoms. The van der Waals surface area contributed by atoms with Crippen molar-refractivity contribution >= 4 is 23.0 Å². The number of oxazole rings is 1. The summed E-state index contributed by atoms with van der Waals surface area (Å²) in [4.78, 5) is 30.9. The molecule has 1 saturated heterocycles. The maximum Gasteiger partial charge on any atom is 0.338 e. The number of esters is 1. The number of likely N-dealkylation sites (tertiary alicyclic amines) is 1. The fraction of sp³-hybridized carbons (Fsp3) is 0.550. The Morgan fingerprint density at radius 3 is 2.96 bits per heavy atom. The molecule has 0 N–H and O–H groups in total. The van der Waals surface area contributed by atoms with E-state index in [9.17, 15) is 9.59 Å². The molecule has 2 atom stereocenters. The van der Waals surface area contributed by atoms with Crippen molar-refractivity contribution in [3.8, 4) is 0 Å². The Bertz CT molecular complexity index is 872. The second kappa shape index (κ2) is 5.83. The van der Waals surface area contributed by atoms with Crippen molar-refractivity contribution < 1.29 is 18.7 Å². The van der Waals surface area contributed by atoms with Crippen LogP contribution in [0.1, 0.15) is 50.4 Å². The molecule has 1 amide bonds. The maximum atomic E-state index is 12.7. The van der Waals surface area contributed by atoms with Gasteiger partial charge >= 0.3 is 5.97 Å².